The van der Waals surface area contributed by atoms with E-state index >= 15 is 0 Å². The van der Waals surface area contributed by atoms with Gasteiger partial charge in [0.05, 0.1) is 12.5 Å². The lowest BCUT2D eigenvalue weighted by molar-refractivity contribution is -0.236. The second-order valence-corrected chi connectivity index (χ2v) is 9.67. The van der Waals surface area contributed by atoms with Crippen LogP contribution in [0.25, 0.3) is 0 Å². The van der Waals surface area contributed by atoms with Crippen LogP contribution in [-0.2, 0) is 33.2 Å². The van der Waals surface area contributed by atoms with Gasteiger partial charge in [-0.2, -0.15) is 0 Å². The summed E-state index contributed by atoms with van der Waals surface area (Å²) in [4.78, 5) is 13.1. The smallest absolute Gasteiger partial charge is 0.309 e. The first-order valence-corrected chi connectivity index (χ1v) is 11.7. The second-order valence-electron chi connectivity index (χ2n) is 9.67. The van der Waals surface area contributed by atoms with Gasteiger partial charge in [-0.25, -0.2) is 0 Å². The van der Waals surface area contributed by atoms with Crippen LogP contribution in [0.1, 0.15) is 86.5 Å². The van der Waals surface area contributed by atoms with Gasteiger partial charge in [0.25, 0.3) is 0 Å². The molecule has 0 amide bonds. The number of ether oxygens (including phenoxy) is 6. The molecule has 0 aromatic rings. The molecular weight excluding hydrogens is 388 g/mol. The first-order valence-electron chi connectivity index (χ1n) is 11.7. The summed E-state index contributed by atoms with van der Waals surface area (Å²) in [6.45, 7) is 12.1. The molecule has 174 valence electrons. The van der Waals surface area contributed by atoms with Crippen LogP contribution in [0.5, 0.6) is 0 Å². The Hall–Kier alpha value is -0.730. The fourth-order valence-corrected chi connectivity index (χ4v) is 4.59. The third-order valence-corrected chi connectivity index (χ3v) is 6.05. The van der Waals surface area contributed by atoms with Crippen LogP contribution in [0.4, 0.5) is 0 Å². The lowest BCUT2D eigenvalue weighted by Gasteiger charge is -2.29. The Morgan fingerprint density at radius 3 is 2.33 bits per heavy atom. The molecule has 0 radical (unpaired) electrons. The molecule has 3 heterocycles. The van der Waals surface area contributed by atoms with Crippen molar-refractivity contribution in [2.75, 3.05) is 6.61 Å². The van der Waals surface area contributed by atoms with Crippen LogP contribution in [0.15, 0.2) is 0 Å². The Kier molecular flexibility index (Phi) is 7.83. The van der Waals surface area contributed by atoms with Gasteiger partial charge >= 0.3 is 5.97 Å². The fourth-order valence-electron chi connectivity index (χ4n) is 4.59. The highest BCUT2D eigenvalue weighted by molar-refractivity contribution is 5.72. The van der Waals surface area contributed by atoms with Gasteiger partial charge in [-0.05, 0) is 40.5 Å². The summed E-state index contributed by atoms with van der Waals surface area (Å²) >= 11 is 0. The monoisotopic (exact) mass is 428 g/mol. The maximum Gasteiger partial charge on any atom is 0.309 e. The summed E-state index contributed by atoms with van der Waals surface area (Å²) in [5.41, 5.74) is 0. The van der Waals surface area contributed by atoms with Crippen molar-refractivity contribution in [3.63, 3.8) is 0 Å². The van der Waals surface area contributed by atoms with Gasteiger partial charge < -0.3 is 28.4 Å². The van der Waals surface area contributed by atoms with Crippen molar-refractivity contribution >= 4 is 5.97 Å². The maximum atomic E-state index is 13.1. The van der Waals surface area contributed by atoms with Crippen molar-refractivity contribution in [3.8, 4) is 0 Å². The van der Waals surface area contributed by atoms with E-state index in [0.717, 1.165) is 32.1 Å². The van der Waals surface area contributed by atoms with Crippen molar-refractivity contribution in [2.24, 2.45) is 5.92 Å². The minimum atomic E-state index is -0.778. The molecule has 0 aliphatic carbocycles. The molecule has 0 aromatic heterocycles. The standard InChI is InChI=1S/C23H40O7/c1-7-9-10-11-13-15(12-8-2)20(24)26-18-17(16-14-25-22(3,4)28-16)27-21-19(18)29-23(5,6)30-21/h15-19,21H,7-14H2,1-6H3/t15-,16-,17-,18+,19-,21-/m1/s1. The van der Waals surface area contributed by atoms with E-state index < -0.39 is 36.2 Å². The fraction of sp³-hybridized carbons (Fsp3) is 0.957. The second kappa shape index (κ2) is 9.82. The Bertz CT molecular complexity index is 576. The zero-order valence-electron chi connectivity index (χ0n) is 19.5. The first kappa shape index (κ1) is 23.9. The molecule has 0 aromatic carbocycles. The summed E-state index contributed by atoms with van der Waals surface area (Å²) in [6, 6.07) is 0. The SMILES string of the molecule is CCCCCC[C@@H](CCC)C(=O)O[C@@H]1[C@H]2OC(C)(C)O[C@H]2O[C@@H]1[C@H]1COC(C)(C)O1. The van der Waals surface area contributed by atoms with Crippen molar-refractivity contribution < 1.29 is 33.2 Å². The molecule has 0 spiro atoms. The third-order valence-electron chi connectivity index (χ3n) is 6.05. The van der Waals surface area contributed by atoms with E-state index in [-0.39, 0.29) is 18.0 Å². The molecule has 0 unspecified atom stereocenters. The largest absolute Gasteiger partial charge is 0.456 e. The van der Waals surface area contributed by atoms with Gasteiger partial charge in [-0.15, -0.1) is 0 Å². The van der Waals surface area contributed by atoms with E-state index in [0.29, 0.717) is 6.61 Å². The number of rotatable bonds is 10. The summed E-state index contributed by atoms with van der Waals surface area (Å²) in [5.74, 6) is -1.73. The highest BCUT2D eigenvalue weighted by atomic mass is 16.8. The van der Waals surface area contributed by atoms with E-state index in [2.05, 4.69) is 13.8 Å². The predicted octanol–water partition coefficient (Wildman–Crippen LogP) is 4.31. The Labute approximate surface area is 181 Å². The molecule has 30 heavy (non-hydrogen) atoms. The molecule has 3 rings (SSSR count). The average Bonchev–Trinajstić information content (AvgIpc) is 3.27. The topological polar surface area (TPSA) is 72.5 Å². The van der Waals surface area contributed by atoms with E-state index in [1.165, 1.54) is 12.8 Å². The number of esters is 1. The van der Waals surface area contributed by atoms with E-state index in [1.54, 1.807) is 0 Å². The third kappa shape index (κ3) is 5.74. The van der Waals surface area contributed by atoms with Gasteiger partial charge in [0.2, 0.25) is 0 Å². The summed E-state index contributed by atoms with van der Waals surface area (Å²) in [7, 11) is 0. The van der Waals surface area contributed by atoms with Gasteiger partial charge in [0.15, 0.2) is 30.1 Å². The number of carbonyl (C=O) groups is 1. The zero-order valence-corrected chi connectivity index (χ0v) is 19.5. The number of fused-ring (bicyclic) bond motifs is 1. The molecular formula is C23H40O7. The lowest BCUT2D eigenvalue weighted by Crippen LogP contribution is -2.45. The highest BCUT2D eigenvalue weighted by Crippen LogP contribution is 2.42. The number of hydrogen-bond donors (Lipinski definition) is 0. The Morgan fingerprint density at radius 1 is 0.933 bits per heavy atom. The molecule has 0 saturated carbocycles. The van der Waals surface area contributed by atoms with Gasteiger partial charge in [-0.3, -0.25) is 4.79 Å². The molecule has 3 fully saturated rings. The van der Waals surface area contributed by atoms with Crippen molar-refractivity contribution in [2.45, 2.75) is 129 Å². The molecule has 3 saturated heterocycles. The molecule has 7 heteroatoms. The van der Waals surface area contributed by atoms with E-state index in [1.807, 2.05) is 27.7 Å². The first-order chi connectivity index (χ1) is 14.2. The average molecular weight is 429 g/mol. The minimum absolute atomic E-state index is 0.0981. The van der Waals surface area contributed by atoms with Gasteiger partial charge in [0, 0.05) is 0 Å². The van der Waals surface area contributed by atoms with Gasteiger partial charge in [-0.1, -0.05) is 46.0 Å². The van der Waals surface area contributed by atoms with Crippen LogP contribution >= 0.6 is 0 Å². The molecule has 0 bridgehead atoms. The maximum absolute atomic E-state index is 13.1. The number of hydrogen-bond acceptors (Lipinski definition) is 7. The van der Waals surface area contributed by atoms with E-state index in [4.69, 9.17) is 28.4 Å². The molecule has 3 aliphatic heterocycles. The number of carbonyl (C=O) groups excluding carboxylic acids is 1. The summed E-state index contributed by atoms with van der Waals surface area (Å²) < 4.78 is 35.9. The normalized spacial score (nSPS) is 35.3. The lowest BCUT2D eigenvalue weighted by atomic mass is 9.96. The number of unbranched alkanes of at least 4 members (excludes halogenated alkanes) is 3. The highest BCUT2D eigenvalue weighted by Gasteiger charge is 2.60. The molecule has 7 nitrogen and oxygen atoms in total. The van der Waals surface area contributed by atoms with Crippen molar-refractivity contribution in [3.05, 3.63) is 0 Å². The van der Waals surface area contributed by atoms with Crippen LogP contribution in [0, 0.1) is 5.92 Å². The van der Waals surface area contributed by atoms with E-state index in [9.17, 15) is 4.79 Å². The Morgan fingerprint density at radius 2 is 1.70 bits per heavy atom. The predicted molar refractivity (Wildman–Crippen MR) is 111 cm³/mol. The van der Waals surface area contributed by atoms with Crippen LogP contribution in [0.2, 0.25) is 0 Å². The molecule has 6 atom stereocenters. The van der Waals surface area contributed by atoms with Crippen LogP contribution < -0.4 is 0 Å². The molecule has 0 N–H and O–H groups in total. The summed E-state index contributed by atoms with van der Waals surface area (Å²) in [6.07, 6.45) is 4.76. The minimum Gasteiger partial charge on any atom is -0.456 e. The van der Waals surface area contributed by atoms with Gasteiger partial charge in [0.1, 0.15) is 12.2 Å². The quantitative estimate of drug-likeness (QED) is 0.379. The van der Waals surface area contributed by atoms with Crippen molar-refractivity contribution in [1.82, 2.24) is 0 Å². The summed E-state index contributed by atoms with van der Waals surface area (Å²) in [5, 5.41) is 0. The van der Waals surface area contributed by atoms with Crippen LogP contribution in [-0.4, -0.2) is 54.9 Å². The molecule has 3 aliphatic rings. The van der Waals surface area contributed by atoms with Crippen molar-refractivity contribution in [1.29, 1.82) is 0 Å². The van der Waals surface area contributed by atoms with Crippen LogP contribution in [0.3, 0.4) is 0 Å². The zero-order chi connectivity index (χ0) is 21.9. The Balaban J connectivity index is 1.68.